The summed E-state index contributed by atoms with van der Waals surface area (Å²) >= 11 is 0. The molecule has 0 atom stereocenters. The number of hydrogen-bond donors (Lipinski definition) is 2. The van der Waals surface area contributed by atoms with Crippen LogP contribution in [-0.4, -0.2) is 24.4 Å². The number of carbonyl (C=O) groups excluding carboxylic acids is 2. The zero-order valence-corrected chi connectivity index (χ0v) is 7.82. The summed E-state index contributed by atoms with van der Waals surface area (Å²) < 4.78 is 9.50. The number of hydrogen-bond acceptors (Lipinski definition) is 6. The summed E-state index contributed by atoms with van der Waals surface area (Å²) in [6.45, 7) is -0.246. The van der Waals surface area contributed by atoms with Gasteiger partial charge in [0.1, 0.15) is 0 Å². The van der Waals surface area contributed by atoms with Gasteiger partial charge in [-0.05, 0) is 12.8 Å². The Morgan fingerprint density at radius 2 is 1.57 bits per heavy atom. The molecule has 0 aliphatic carbocycles. The minimum absolute atomic E-state index is 0.232. The Balaban J connectivity index is 2.71. The molecule has 1 aliphatic heterocycles. The molecule has 0 bridgehead atoms. The highest BCUT2D eigenvalue weighted by Gasteiger charge is 2.33. The summed E-state index contributed by atoms with van der Waals surface area (Å²) in [5, 5.41) is 0. The molecule has 0 aromatic heterocycles. The summed E-state index contributed by atoms with van der Waals surface area (Å²) in [5.74, 6) is -2.78. The highest BCUT2D eigenvalue weighted by Crippen LogP contribution is 2.13. The van der Waals surface area contributed by atoms with Gasteiger partial charge in [0.15, 0.2) is 0 Å². The van der Waals surface area contributed by atoms with Crippen LogP contribution in [0.15, 0.2) is 0 Å². The van der Waals surface area contributed by atoms with Crippen molar-refractivity contribution in [1.82, 2.24) is 0 Å². The predicted octanol–water partition coefficient (Wildman–Crippen LogP) is -0.782. The first-order chi connectivity index (χ1) is 6.56. The summed E-state index contributed by atoms with van der Waals surface area (Å²) in [6.07, 6.45) is 1.65. The molecule has 0 aromatic rings. The van der Waals surface area contributed by atoms with Crippen LogP contribution in [0.2, 0.25) is 0 Å². The maximum atomic E-state index is 11.1. The van der Waals surface area contributed by atoms with Crippen LogP contribution in [0.5, 0.6) is 0 Å². The topological polar surface area (TPSA) is 105 Å². The van der Waals surface area contributed by atoms with Crippen molar-refractivity contribution in [2.45, 2.75) is 31.6 Å². The van der Waals surface area contributed by atoms with Crippen molar-refractivity contribution in [3.05, 3.63) is 0 Å². The van der Waals surface area contributed by atoms with E-state index < -0.39 is 17.8 Å². The normalized spacial score (nSPS) is 22.7. The first kappa shape index (κ1) is 10.9. The molecule has 6 nitrogen and oxygen atoms in total. The number of esters is 2. The molecule has 1 fully saturated rings. The number of ether oxygens (including phenoxy) is 2. The fourth-order valence-corrected chi connectivity index (χ4v) is 1.13. The van der Waals surface area contributed by atoms with Crippen molar-refractivity contribution in [2.24, 2.45) is 11.5 Å². The van der Waals surface area contributed by atoms with Gasteiger partial charge < -0.3 is 15.2 Å². The third-order valence-electron chi connectivity index (χ3n) is 1.87. The quantitative estimate of drug-likeness (QED) is 0.540. The molecule has 0 unspecified atom stereocenters. The largest absolute Gasteiger partial charge is 0.407 e. The fraction of sp³-hybridized carbons (Fsp3) is 0.750. The second-order valence-electron chi connectivity index (χ2n) is 3.17. The van der Waals surface area contributed by atoms with Crippen molar-refractivity contribution in [2.75, 3.05) is 6.54 Å². The Bertz CT molecular complexity index is 221. The molecule has 80 valence electrons. The molecule has 6 heteroatoms. The van der Waals surface area contributed by atoms with Crippen LogP contribution in [0.1, 0.15) is 25.7 Å². The van der Waals surface area contributed by atoms with E-state index in [1.807, 2.05) is 0 Å². The average molecular weight is 202 g/mol. The molecule has 0 aromatic carbocycles. The monoisotopic (exact) mass is 202 g/mol. The van der Waals surface area contributed by atoms with Crippen LogP contribution < -0.4 is 11.5 Å². The molecule has 4 N–H and O–H groups in total. The van der Waals surface area contributed by atoms with Crippen LogP contribution in [0.4, 0.5) is 0 Å². The van der Waals surface area contributed by atoms with E-state index in [-0.39, 0.29) is 19.4 Å². The molecule has 14 heavy (non-hydrogen) atoms. The zero-order chi connectivity index (χ0) is 10.6. The second-order valence-corrected chi connectivity index (χ2v) is 3.17. The zero-order valence-electron chi connectivity index (χ0n) is 7.82. The van der Waals surface area contributed by atoms with Crippen LogP contribution in [0, 0.1) is 0 Å². The lowest BCUT2D eigenvalue weighted by Gasteiger charge is -2.26. The SMILES string of the molecule is NCC1(N)OC(=O)CCCCC(=O)O1. The number of cyclic esters (lactones) is 2. The molecular weight excluding hydrogens is 188 g/mol. The highest BCUT2D eigenvalue weighted by atomic mass is 16.7. The van der Waals surface area contributed by atoms with E-state index >= 15 is 0 Å². The average Bonchev–Trinajstić information content (AvgIpc) is 2.16. The Kier molecular flexibility index (Phi) is 3.43. The minimum Gasteiger partial charge on any atom is -0.407 e. The van der Waals surface area contributed by atoms with Gasteiger partial charge in [-0.15, -0.1) is 0 Å². The standard InChI is InChI=1S/C8H14N2O4/c9-5-8(10)13-6(11)3-1-2-4-7(12)14-8/h1-5,9-10H2. The van der Waals surface area contributed by atoms with Crippen LogP contribution in [-0.2, 0) is 19.1 Å². The van der Waals surface area contributed by atoms with Crippen LogP contribution in [0.25, 0.3) is 0 Å². The second kappa shape index (κ2) is 4.39. The van der Waals surface area contributed by atoms with Gasteiger partial charge in [-0.1, -0.05) is 0 Å². The lowest BCUT2D eigenvalue weighted by atomic mass is 10.2. The first-order valence-corrected chi connectivity index (χ1v) is 4.48. The Morgan fingerprint density at radius 3 is 1.93 bits per heavy atom. The molecule has 1 aliphatic rings. The smallest absolute Gasteiger partial charge is 0.328 e. The Hall–Kier alpha value is -1.14. The molecule has 0 amide bonds. The van der Waals surface area contributed by atoms with Crippen molar-refractivity contribution in [3.63, 3.8) is 0 Å². The lowest BCUT2D eigenvalue weighted by molar-refractivity contribution is -0.222. The molecule has 1 heterocycles. The molecule has 1 rings (SSSR count). The van der Waals surface area contributed by atoms with Gasteiger partial charge in [-0.3, -0.25) is 15.3 Å². The highest BCUT2D eigenvalue weighted by molar-refractivity contribution is 5.73. The van der Waals surface area contributed by atoms with Crippen molar-refractivity contribution < 1.29 is 19.1 Å². The molecular formula is C8H14N2O4. The maximum absolute atomic E-state index is 11.1. The van der Waals surface area contributed by atoms with E-state index in [9.17, 15) is 9.59 Å². The van der Waals surface area contributed by atoms with Crippen LogP contribution in [0.3, 0.4) is 0 Å². The first-order valence-electron chi connectivity index (χ1n) is 4.48. The van der Waals surface area contributed by atoms with Crippen LogP contribution >= 0.6 is 0 Å². The number of nitrogens with two attached hydrogens (primary N) is 2. The van der Waals surface area contributed by atoms with E-state index in [0.717, 1.165) is 0 Å². The van der Waals surface area contributed by atoms with Gasteiger partial charge in [0, 0.05) is 12.8 Å². The predicted molar refractivity (Wildman–Crippen MR) is 46.6 cm³/mol. The summed E-state index contributed by atoms with van der Waals surface area (Å²) in [4.78, 5) is 22.2. The number of rotatable bonds is 1. The van der Waals surface area contributed by atoms with E-state index in [0.29, 0.717) is 12.8 Å². The van der Waals surface area contributed by atoms with E-state index in [2.05, 4.69) is 0 Å². The van der Waals surface area contributed by atoms with Gasteiger partial charge in [0.05, 0.1) is 6.54 Å². The Labute approximate surface area is 81.5 Å². The summed E-state index contributed by atoms with van der Waals surface area (Å²) in [7, 11) is 0. The fourth-order valence-electron chi connectivity index (χ4n) is 1.13. The summed E-state index contributed by atoms with van der Waals surface area (Å²) in [5.41, 5.74) is 10.7. The van der Waals surface area contributed by atoms with Gasteiger partial charge in [0.25, 0.3) is 0 Å². The van der Waals surface area contributed by atoms with E-state index in [4.69, 9.17) is 20.9 Å². The summed E-state index contributed by atoms with van der Waals surface area (Å²) in [6, 6.07) is 0. The lowest BCUT2D eigenvalue weighted by Crippen LogP contribution is -2.54. The molecule has 0 saturated carbocycles. The van der Waals surface area contributed by atoms with E-state index in [1.54, 1.807) is 0 Å². The van der Waals surface area contributed by atoms with Crippen molar-refractivity contribution >= 4 is 11.9 Å². The minimum atomic E-state index is -1.79. The van der Waals surface area contributed by atoms with Gasteiger partial charge >= 0.3 is 17.8 Å². The maximum Gasteiger partial charge on any atom is 0.328 e. The van der Waals surface area contributed by atoms with Gasteiger partial charge in [-0.25, -0.2) is 0 Å². The molecule has 1 saturated heterocycles. The van der Waals surface area contributed by atoms with Crippen molar-refractivity contribution in [3.8, 4) is 0 Å². The Morgan fingerprint density at radius 1 is 1.14 bits per heavy atom. The molecule has 0 spiro atoms. The third-order valence-corrected chi connectivity index (χ3v) is 1.87. The van der Waals surface area contributed by atoms with Crippen molar-refractivity contribution in [1.29, 1.82) is 0 Å². The molecule has 0 radical (unpaired) electrons. The number of carbonyl (C=O) groups is 2. The van der Waals surface area contributed by atoms with Gasteiger partial charge in [0.2, 0.25) is 0 Å². The van der Waals surface area contributed by atoms with Gasteiger partial charge in [-0.2, -0.15) is 0 Å². The third kappa shape index (κ3) is 2.97. The van der Waals surface area contributed by atoms with E-state index in [1.165, 1.54) is 0 Å².